The molecule has 1 heterocycles. The molecule has 0 spiro atoms. The van der Waals surface area contributed by atoms with Crippen molar-refractivity contribution in [3.63, 3.8) is 0 Å². The van der Waals surface area contributed by atoms with Crippen LogP contribution in [0, 0.1) is 0 Å². The summed E-state index contributed by atoms with van der Waals surface area (Å²) in [5.41, 5.74) is 3.36. The van der Waals surface area contributed by atoms with Gasteiger partial charge in [-0.1, -0.05) is 58.4 Å². The number of halogens is 2. The van der Waals surface area contributed by atoms with Gasteiger partial charge in [-0.05, 0) is 12.1 Å². The lowest BCUT2D eigenvalue weighted by Crippen LogP contribution is -1.79. The number of rotatable bonds is 2. The average molecular weight is 397 g/mol. The fourth-order valence-electron chi connectivity index (χ4n) is 1.74. The van der Waals surface area contributed by atoms with Crippen molar-refractivity contribution in [1.82, 2.24) is 4.98 Å². The minimum atomic E-state index is 0. The van der Waals surface area contributed by atoms with Crippen molar-refractivity contribution in [1.29, 1.82) is 0 Å². The maximum atomic E-state index is 4.68. The highest BCUT2D eigenvalue weighted by atomic mass is 79.9. The molecule has 4 heteroatoms. The average Bonchev–Trinajstić information content (AvgIpc) is 2.90. The molecular formula is C15H11Br2NS. The summed E-state index contributed by atoms with van der Waals surface area (Å²) in [6.45, 7) is 0. The van der Waals surface area contributed by atoms with Gasteiger partial charge in [0.25, 0.3) is 0 Å². The Morgan fingerprint density at radius 3 is 2.21 bits per heavy atom. The first-order valence-corrected chi connectivity index (χ1v) is 7.27. The number of hydrogen-bond acceptors (Lipinski definition) is 2. The van der Waals surface area contributed by atoms with Crippen molar-refractivity contribution in [2.45, 2.75) is 0 Å². The van der Waals surface area contributed by atoms with Gasteiger partial charge in [-0.3, -0.25) is 0 Å². The summed E-state index contributed by atoms with van der Waals surface area (Å²) in [5.74, 6) is 0. The molecule has 3 aromatic rings. The van der Waals surface area contributed by atoms with E-state index in [4.69, 9.17) is 0 Å². The lowest BCUT2D eigenvalue weighted by molar-refractivity contribution is 1.40. The van der Waals surface area contributed by atoms with Crippen LogP contribution in [-0.2, 0) is 0 Å². The fourth-order valence-corrected chi connectivity index (χ4v) is 2.84. The Kier molecular flexibility index (Phi) is 4.91. The zero-order valence-corrected chi connectivity index (χ0v) is 14.0. The third-order valence-corrected chi connectivity index (χ3v) is 4.08. The van der Waals surface area contributed by atoms with E-state index in [1.54, 1.807) is 11.3 Å². The lowest BCUT2D eigenvalue weighted by atomic mass is 10.2. The van der Waals surface area contributed by atoms with E-state index in [0.717, 1.165) is 20.7 Å². The molecule has 0 radical (unpaired) electrons. The van der Waals surface area contributed by atoms with Gasteiger partial charge in [0.15, 0.2) is 0 Å². The summed E-state index contributed by atoms with van der Waals surface area (Å²) in [4.78, 5) is 4.68. The van der Waals surface area contributed by atoms with Gasteiger partial charge < -0.3 is 0 Å². The molecule has 1 nitrogen and oxygen atoms in total. The van der Waals surface area contributed by atoms with Crippen LogP contribution < -0.4 is 0 Å². The molecule has 0 saturated carbocycles. The summed E-state index contributed by atoms with van der Waals surface area (Å²) in [5, 5.41) is 3.17. The van der Waals surface area contributed by atoms with Crippen molar-refractivity contribution in [3.8, 4) is 21.8 Å². The first kappa shape index (κ1) is 14.4. The van der Waals surface area contributed by atoms with Gasteiger partial charge in [-0.25, -0.2) is 4.98 Å². The molecule has 0 amide bonds. The van der Waals surface area contributed by atoms with Gasteiger partial charge in [0.05, 0.1) is 5.69 Å². The highest BCUT2D eigenvalue weighted by Gasteiger charge is 2.05. The number of aromatic nitrogens is 1. The number of nitrogens with zero attached hydrogens (tertiary/aromatic N) is 1. The molecule has 0 atom stereocenters. The molecule has 0 aliphatic carbocycles. The highest BCUT2D eigenvalue weighted by molar-refractivity contribution is 9.10. The van der Waals surface area contributed by atoms with E-state index >= 15 is 0 Å². The first-order valence-electron chi connectivity index (χ1n) is 5.60. The molecule has 0 bridgehead atoms. The van der Waals surface area contributed by atoms with Gasteiger partial charge in [-0.15, -0.1) is 28.3 Å². The second-order valence-corrected chi connectivity index (χ2v) is 5.68. The predicted octanol–water partition coefficient (Wildman–Crippen LogP) is 5.82. The van der Waals surface area contributed by atoms with E-state index in [1.807, 2.05) is 30.3 Å². The van der Waals surface area contributed by atoms with Crippen LogP contribution in [0.1, 0.15) is 0 Å². The van der Waals surface area contributed by atoms with Crippen molar-refractivity contribution in [3.05, 3.63) is 64.5 Å². The molecule has 0 saturated heterocycles. The van der Waals surface area contributed by atoms with E-state index in [0.29, 0.717) is 0 Å². The van der Waals surface area contributed by atoms with Crippen LogP contribution in [0.15, 0.2) is 64.5 Å². The number of thiazole rings is 1. The quantitative estimate of drug-likeness (QED) is 0.531. The van der Waals surface area contributed by atoms with Crippen LogP contribution in [0.25, 0.3) is 21.8 Å². The van der Waals surface area contributed by atoms with E-state index in [1.165, 1.54) is 5.56 Å². The van der Waals surface area contributed by atoms with Crippen LogP contribution in [0.4, 0.5) is 0 Å². The molecule has 2 aromatic carbocycles. The Morgan fingerprint density at radius 1 is 0.842 bits per heavy atom. The molecule has 0 N–H and O–H groups in total. The van der Waals surface area contributed by atoms with Crippen LogP contribution in [0.3, 0.4) is 0 Å². The maximum Gasteiger partial charge on any atom is 0.124 e. The Bertz CT molecular complexity index is 647. The minimum absolute atomic E-state index is 0. The Hall–Kier alpha value is -0.970. The van der Waals surface area contributed by atoms with Crippen molar-refractivity contribution >= 4 is 44.2 Å². The minimum Gasteiger partial charge on any atom is -0.236 e. The standard InChI is InChI=1S/C15H10BrNS.BrH/c16-13-8-6-11(7-9-13)14-10-18-15(17-14)12-4-2-1-3-5-12;/h1-10H;1H. The number of hydrogen-bond donors (Lipinski definition) is 0. The third kappa shape index (κ3) is 3.32. The summed E-state index contributed by atoms with van der Waals surface area (Å²) in [7, 11) is 0. The Balaban J connectivity index is 0.00000133. The van der Waals surface area contributed by atoms with Gasteiger partial charge in [0.2, 0.25) is 0 Å². The molecule has 0 unspecified atom stereocenters. The second-order valence-electron chi connectivity index (χ2n) is 3.91. The maximum absolute atomic E-state index is 4.68. The van der Waals surface area contributed by atoms with E-state index < -0.39 is 0 Å². The Morgan fingerprint density at radius 2 is 1.53 bits per heavy atom. The molecule has 96 valence electrons. The van der Waals surface area contributed by atoms with Crippen molar-refractivity contribution < 1.29 is 0 Å². The number of benzene rings is 2. The van der Waals surface area contributed by atoms with Crippen LogP contribution >= 0.6 is 44.2 Å². The van der Waals surface area contributed by atoms with Crippen LogP contribution in [0.5, 0.6) is 0 Å². The van der Waals surface area contributed by atoms with Crippen LogP contribution in [-0.4, -0.2) is 4.98 Å². The van der Waals surface area contributed by atoms with Gasteiger partial charge in [0.1, 0.15) is 5.01 Å². The van der Waals surface area contributed by atoms with Crippen LogP contribution in [0.2, 0.25) is 0 Å². The monoisotopic (exact) mass is 395 g/mol. The smallest absolute Gasteiger partial charge is 0.124 e. The SMILES string of the molecule is Br.Brc1ccc(-c2csc(-c3ccccc3)n2)cc1. The topological polar surface area (TPSA) is 12.9 Å². The van der Waals surface area contributed by atoms with Crippen molar-refractivity contribution in [2.75, 3.05) is 0 Å². The van der Waals surface area contributed by atoms with Gasteiger partial charge in [-0.2, -0.15) is 0 Å². The summed E-state index contributed by atoms with van der Waals surface area (Å²) in [6.07, 6.45) is 0. The first-order chi connectivity index (χ1) is 8.83. The normalized spacial score (nSPS) is 9.95. The molecule has 0 fully saturated rings. The molecule has 1 aromatic heterocycles. The van der Waals surface area contributed by atoms with Gasteiger partial charge in [0, 0.05) is 21.0 Å². The van der Waals surface area contributed by atoms with Gasteiger partial charge >= 0.3 is 0 Å². The van der Waals surface area contributed by atoms with E-state index in [-0.39, 0.29) is 17.0 Å². The third-order valence-electron chi connectivity index (χ3n) is 2.66. The highest BCUT2D eigenvalue weighted by Crippen LogP contribution is 2.29. The molecular weight excluding hydrogens is 386 g/mol. The summed E-state index contributed by atoms with van der Waals surface area (Å²) < 4.78 is 1.09. The fraction of sp³-hybridized carbons (Fsp3) is 0. The second kappa shape index (κ2) is 6.46. The largest absolute Gasteiger partial charge is 0.236 e. The lowest BCUT2D eigenvalue weighted by Gasteiger charge is -1.97. The molecule has 19 heavy (non-hydrogen) atoms. The zero-order chi connectivity index (χ0) is 12.4. The van der Waals surface area contributed by atoms with E-state index in [9.17, 15) is 0 Å². The zero-order valence-electron chi connectivity index (χ0n) is 9.92. The summed E-state index contributed by atoms with van der Waals surface area (Å²) in [6, 6.07) is 18.5. The summed E-state index contributed by atoms with van der Waals surface area (Å²) >= 11 is 5.12. The molecule has 0 aliphatic rings. The molecule has 3 rings (SSSR count). The van der Waals surface area contributed by atoms with Crippen molar-refractivity contribution in [2.24, 2.45) is 0 Å². The van der Waals surface area contributed by atoms with E-state index in [2.05, 4.69) is 50.6 Å². The predicted molar refractivity (Wildman–Crippen MR) is 91.0 cm³/mol. The molecule has 0 aliphatic heterocycles. The Labute approximate surface area is 135 Å².